The van der Waals surface area contributed by atoms with Gasteiger partial charge in [0.1, 0.15) is 17.8 Å². The Kier molecular flexibility index (Phi) is 6.00. The van der Waals surface area contributed by atoms with Gasteiger partial charge in [-0.25, -0.2) is 4.79 Å². The van der Waals surface area contributed by atoms with Gasteiger partial charge >= 0.3 is 6.03 Å². The van der Waals surface area contributed by atoms with Gasteiger partial charge in [-0.1, -0.05) is 42.3 Å². The van der Waals surface area contributed by atoms with Crippen LogP contribution in [0.15, 0.2) is 42.5 Å². The summed E-state index contributed by atoms with van der Waals surface area (Å²) in [7, 11) is 1.46. The number of hydrogen-bond donors (Lipinski definition) is 2. The molecule has 1 aliphatic rings. The molecular weight excluding hydrogens is 417 g/mol. The number of carbonyl (C=O) groups excluding carboxylic acids is 3. The summed E-state index contributed by atoms with van der Waals surface area (Å²) in [6.45, 7) is 1.34. The molecule has 7 nitrogen and oxygen atoms in total. The Morgan fingerprint density at radius 3 is 2.41 bits per heavy atom. The number of benzene rings is 2. The average molecular weight is 436 g/mol. The van der Waals surface area contributed by atoms with E-state index < -0.39 is 29.9 Å². The zero-order chi connectivity index (χ0) is 21.2. The Labute approximate surface area is 177 Å². The number of amides is 4. The molecule has 0 spiro atoms. The fraction of sp³-hybridized carbons (Fsp3) is 0.250. The Balaban J connectivity index is 1.80. The molecule has 4 amide bonds. The molecule has 3 rings (SSSR count). The number of halogens is 2. The lowest BCUT2D eigenvalue weighted by Crippen LogP contribution is -2.44. The van der Waals surface area contributed by atoms with Crippen LogP contribution in [0.2, 0.25) is 10.0 Å². The highest BCUT2D eigenvalue weighted by molar-refractivity contribution is 6.31. The van der Waals surface area contributed by atoms with Crippen molar-refractivity contribution in [2.45, 2.75) is 18.9 Å². The lowest BCUT2D eigenvalue weighted by atomic mass is 9.87. The molecule has 1 saturated heterocycles. The first-order valence-electron chi connectivity index (χ1n) is 8.84. The first-order chi connectivity index (χ1) is 13.8. The third-order valence-corrected chi connectivity index (χ3v) is 5.27. The second-order valence-corrected chi connectivity index (χ2v) is 7.35. The summed E-state index contributed by atoms with van der Waals surface area (Å²) >= 11 is 11.9. The van der Waals surface area contributed by atoms with E-state index in [0.29, 0.717) is 33.5 Å². The number of nitrogens with zero attached hydrogens (tertiary/aromatic N) is 1. The first-order valence-corrected chi connectivity index (χ1v) is 9.60. The lowest BCUT2D eigenvalue weighted by molar-refractivity contribution is -0.134. The van der Waals surface area contributed by atoms with Crippen molar-refractivity contribution in [2.75, 3.05) is 19.0 Å². The van der Waals surface area contributed by atoms with Gasteiger partial charge in [0.15, 0.2) is 0 Å². The lowest BCUT2D eigenvalue weighted by Gasteiger charge is -2.25. The molecule has 0 unspecified atom stereocenters. The maximum absolute atomic E-state index is 13.1. The van der Waals surface area contributed by atoms with Crippen molar-refractivity contribution in [2.24, 2.45) is 0 Å². The number of carbonyl (C=O) groups is 3. The number of anilines is 1. The molecule has 2 aromatic rings. The maximum atomic E-state index is 13.1. The van der Waals surface area contributed by atoms with E-state index in [1.807, 2.05) is 0 Å². The fourth-order valence-corrected chi connectivity index (χ4v) is 3.55. The van der Waals surface area contributed by atoms with Crippen LogP contribution >= 0.6 is 23.2 Å². The van der Waals surface area contributed by atoms with Crippen LogP contribution in [0.4, 0.5) is 10.5 Å². The normalized spacial score (nSPS) is 18.6. The van der Waals surface area contributed by atoms with Gasteiger partial charge in [0.25, 0.3) is 5.91 Å². The molecule has 29 heavy (non-hydrogen) atoms. The van der Waals surface area contributed by atoms with E-state index in [2.05, 4.69) is 10.6 Å². The Morgan fingerprint density at radius 1 is 1.14 bits per heavy atom. The summed E-state index contributed by atoms with van der Waals surface area (Å²) in [5.41, 5.74) is -0.297. The minimum atomic E-state index is -1.24. The number of rotatable bonds is 6. The van der Waals surface area contributed by atoms with Crippen LogP contribution in [0.3, 0.4) is 0 Å². The molecule has 1 fully saturated rings. The summed E-state index contributed by atoms with van der Waals surface area (Å²) in [5, 5.41) is 6.27. The van der Waals surface area contributed by atoms with Crippen molar-refractivity contribution in [1.29, 1.82) is 0 Å². The molecule has 0 aliphatic carbocycles. The highest BCUT2D eigenvalue weighted by Gasteiger charge is 2.51. The summed E-state index contributed by atoms with van der Waals surface area (Å²) in [4.78, 5) is 39.0. The summed E-state index contributed by atoms with van der Waals surface area (Å²) in [6, 6.07) is 10.8. The fourth-order valence-electron chi connectivity index (χ4n) is 3.25. The average Bonchev–Trinajstić information content (AvgIpc) is 2.94. The van der Waals surface area contributed by atoms with Crippen molar-refractivity contribution in [3.05, 3.63) is 58.1 Å². The molecule has 152 valence electrons. The predicted molar refractivity (Wildman–Crippen MR) is 110 cm³/mol. The molecule has 1 heterocycles. The van der Waals surface area contributed by atoms with Gasteiger partial charge in [-0.05, 0) is 42.3 Å². The maximum Gasteiger partial charge on any atom is 0.325 e. The minimum absolute atomic E-state index is 0.319. The molecule has 9 heteroatoms. The Hall–Kier alpha value is -2.77. The zero-order valence-electron chi connectivity index (χ0n) is 15.8. The van der Waals surface area contributed by atoms with Crippen molar-refractivity contribution in [3.8, 4) is 5.75 Å². The summed E-state index contributed by atoms with van der Waals surface area (Å²) in [5.74, 6) is -0.651. The van der Waals surface area contributed by atoms with E-state index >= 15 is 0 Å². The molecule has 0 radical (unpaired) electrons. The van der Waals surface area contributed by atoms with Crippen molar-refractivity contribution in [1.82, 2.24) is 10.2 Å². The second kappa shape index (κ2) is 8.31. The zero-order valence-corrected chi connectivity index (χ0v) is 17.3. The van der Waals surface area contributed by atoms with Gasteiger partial charge < -0.3 is 15.4 Å². The highest BCUT2D eigenvalue weighted by atomic mass is 35.5. The van der Waals surface area contributed by atoms with Crippen molar-refractivity contribution < 1.29 is 19.1 Å². The van der Waals surface area contributed by atoms with Gasteiger partial charge in [-0.3, -0.25) is 14.5 Å². The van der Waals surface area contributed by atoms with E-state index in [-0.39, 0.29) is 0 Å². The minimum Gasteiger partial charge on any atom is -0.495 e. The molecular formula is C20H19Cl2N3O4. The molecule has 2 N–H and O–H groups in total. The molecule has 1 atom stereocenters. The van der Waals surface area contributed by atoms with Crippen LogP contribution in [0, 0.1) is 0 Å². The third-order valence-electron chi connectivity index (χ3n) is 4.78. The number of urea groups is 1. The molecule has 0 saturated carbocycles. The van der Waals surface area contributed by atoms with Crippen LogP contribution in [-0.2, 0) is 15.1 Å². The standard InChI is InChI=1S/C20H19Cl2N3O4/c1-3-20(12-4-6-13(21)7-5-12)18(27)25(19(28)24-20)11-17(26)23-15-10-14(22)8-9-16(15)29-2/h4-10H,3,11H2,1-2H3,(H,23,26)(H,24,28)/t20-/m0/s1. The number of nitrogens with one attached hydrogen (secondary N) is 2. The number of hydrogen-bond acceptors (Lipinski definition) is 4. The van der Waals surface area contributed by atoms with Crippen LogP contribution in [-0.4, -0.2) is 36.4 Å². The third kappa shape index (κ3) is 4.02. The predicted octanol–water partition coefficient (Wildman–Crippen LogP) is 3.80. The quantitative estimate of drug-likeness (QED) is 0.675. The van der Waals surface area contributed by atoms with Crippen LogP contribution in [0.1, 0.15) is 18.9 Å². The van der Waals surface area contributed by atoms with Gasteiger partial charge in [-0.2, -0.15) is 0 Å². The summed E-state index contributed by atoms with van der Waals surface area (Å²) < 4.78 is 5.19. The SMILES string of the molecule is CC[C@@]1(c2ccc(Cl)cc2)NC(=O)N(CC(=O)Nc2cc(Cl)ccc2OC)C1=O. The monoisotopic (exact) mass is 435 g/mol. The number of methoxy groups -OCH3 is 1. The van der Waals surface area contributed by atoms with Crippen LogP contribution in [0.25, 0.3) is 0 Å². The largest absolute Gasteiger partial charge is 0.495 e. The van der Waals surface area contributed by atoms with Gasteiger partial charge in [0.2, 0.25) is 5.91 Å². The second-order valence-electron chi connectivity index (χ2n) is 6.48. The smallest absolute Gasteiger partial charge is 0.325 e. The van der Waals surface area contributed by atoms with E-state index in [4.69, 9.17) is 27.9 Å². The first kappa shape index (κ1) is 21.0. The number of imide groups is 1. The summed E-state index contributed by atoms with van der Waals surface area (Å²) in [6.07, 6.45) is 0.319. The van der Waals surface area contributed by atoms with E-state index in [9.17, 15) is 14.4 Å². The molecule has 0 bridgehead atoms. The molecule has 0 aromatic heterocycles. The van der Waals surface area contributed by atoms with Gasteiger partial charge in [0, 0.05) is 10.0 Å². The molecule has 1 aliphatic heterocycles. The van der Waals surface area contributed by atoms with Crippen molar-refractivity contribution in [3.63, 3.8) is 0 Å². The van der Waals surface area contributed by atoms with E-state index in [1.165, 1.54) is 13.2 Å². The van der Waals surface area contributed by atoms with Crippen LogP contribution in [0.5, 0.6) is 5.75 Å². The van der Waals surface area contributed by atoms with E-state index in [0.717, 1.165) is 4.90 Å². The number of ether oxygens (including phenoxy) is 1. The van der Waals surface area contributed by atoms with Crippen molar-refractivity contribution >= 4 is 46.7 Å². The molecule has 2 aromatic carbocycles. The van der Waals surface area contributed by atoms with Crippen LogP contribution < -0.4 is 15.4 Å². The topological polar surface area (TPSA) is 87.7 Å². The van der Waals surface area contributed by atoms with E-state index in [1.54, 1.807) is 43.3 Å². The van der Waals surface area contributed by atoms with Gasteiger partial charge in [0.05, 0.1) is 12.8 Å². The highest BCUT2D eigenvalue weighted by Crippen LogP contribution is 2.33. The van der Waals surface area contributed by atoms with Gasteiger partial charge in [-0.15, -0.1) is 0 Å². The Morgan fingerprint density at radius 2 is 1.79 bits per heavy atom. The Bertz CT molecular complexity index is 965.